The van der Waals surface area contributed by atoms with Gasteiger partial charge in [-0.1, -0.05) is 37.5 Å². The fraction of sp³-hybridized carbons (Fsp3) is 0.471. The molecule has 1 aliphatic rings. The molecule has 0 spiro atoms. The van der Waals surface area contributed by atoms with Crippen molar-refractivity contribution in [2.75, 3.05) is 6.54 Å². The number of fused-ring (bicyclic) bond motifs is 1. The lowest BCUT2D eigenvalue weighted by atomic mass is 9.89. The molecule has 0 unspecified atom stereocenters. The number of carbonyl (C=O) groups excluding carboxylic acids is 1. The van der Waals surface area contributed by atoms with Crippen molar-refractivity contribution < 1.29 is 4.79 Å². The minimum atomic E-state index is -0.220. The average Bonchev–Trinajstić information content (AvgIpc) is 2.57. The Balaban J connectivity index is 1.66. The number of hydrogen-bond donors (Lipinski definition) is 2. The van der Waals surface area contributed by atoms with Crippen molar-refractivity contribution in [3.8, 4) is 0 Å². The first kappa shape index (κ1) is 14.8. The van der Waals surface area contributed by atoms with E-state index in [1.165, 1.54) is 32.1 Å². The van der Waals surface area contributed by atoms with Crippen LogP contribution in [0.25, 0.3) is 10.8 Å². The highest BCUT2D eigenvalue weighted by Crippen LogP contribution is 2.22. The molecule has 2 N–H and O–H groups in total. The van der Waals surface area contributed by atoms with E-state index in [2.05, 4.69) is 15.5 Å². The van der Waals surface area contributed by atoms with Crippen LogP contribution in [0.5, 0.6) is 0 Å². The Morgan fingerprint density at radius 3 is 2.68 bits per heavy atom. The number of hydrogen-bond acceptors (Lipinski definition) is 3. The predicted octanol–water partition coefficient (Wildman–Crippen LogP) is 2.16. The van der Waals surface area contributed by atoms with Gasteiger partial charge in [-0.15, -0.1) is 0 Å². The maximum atomic E-state index is 12.1. The third-order valence-electron chi connectivity index (χ3n) is 4.42. The zero-order valence-electron chi connectivity index (χ0n) is 12.6. The monoisotopic (exact) mass is 299 g/mol. The molecular weight excluding hydrogens is 278 g/mol. The van der Waals surface area contributed by atoms with Crippen LogP contribution >= 0.6 is 0 Å². The number of benzene rings is 1. The summed E-state index contributed by atoms with van der Waals surface area (Å²) in [6, 6.07) is 7.25. The zero-order valence-corrected chi connectivity index (χ0v) is 12.6. The highest BCUT2D eigenvalue weighted by molar-refractivity contribution is 5.88. The summed E-state index contributed by atoms with van der Waals surface area (Å²) in [4.78, 5) is 23.9. The lowest BCUT2D eigenvalue weighted by molar-refractivity contribution is -0.120. The Morgan fingerprint density at radius 1 is 1.18 bits per heavy atom. The zero-order chi connectivity index (χ0) is 15.4. The van der Waals surface area contributed by atoms with Crippen LogP contribution in [0.3, 0.4) is 0 Å². The molecule has 0 radical (unpaired) electrons. The predicted molar refractivity (Wildman–Crippen MR) is 85.7 cm³/mol. The molecule has 2 aromatic rings. The fourth-order valence-electron chi connectivity index (χ4n) is 3.17. The molecule has 0 saturated heterocycles. The molecule has 1 aromatic heterocycles. The molecule has 1 aliphatic carbocycles. The highest BCUT2D eigenvalue weighted by Gasteiger charge is 2.15. The molecule has 1 heterocycles. The van der Waals surface area contributed by atoms with Crippen LogP contribution in [0.2, 0.25) is 0 Å². The lowest BCUT2D eigenvalue weighted by Crippen LogP contribution is -2.31. The van der Waals surface area contributed by atoms with Crippen LogP contribution in [0.4, 0.5) is 0 Å². The molecule has 0 atom stereocenters. The van der Waals surface area contributed by atoms with E-state index in [0.717, 1.165) is 11.9 Å². The molecule has 5 heteroatoms. The second-order valence-corrected chi connectivity index (χ2v) is 6.03. The molecule has 3 rings (SSSR count). The number of amides is 1. The van der Waals surface area contributed by atoms with E-state index in [1.54, 1.807) is 6.07 Å². The van der Waals surface area contributed by atoms with Crippen LogP contribution in [-0.4, -0.2) is 22.6 Å². The van der Waals surface area contributed by atoms with Gasteiger partial charge in [0.2, 0.25) is 5.91 Å². The SMILES string of the molecule is O=C(Cc1n[nH]c(=O)c2ccccc12)NCC1CCCCC1. The average molecular weight is 299 g/mol. The summed E-state index contributed by atoms with van der Waals surface area (Å²) >= 11 is 0. The maximum Gasteiger partial charge on any atom is 0.272 e. The minimum absolute atomic E-state index is 0.0322. The molecule has 5 nitrogen and oxygen atoms in total. The van der Waals surface area contributed by atoms with E-state index in [1.807, 2.05) is 18.2 Å². The van der Waals surface area contributed by atoms with E-state index in [4.69, 9.17) is 0 Å². The second kappa shape index (κ2) is 6.73. The summed E-state index contributed by atoms with van der Waals surface area (Å²) in [5.74, 6) is 0.577. The molecule has 0 bridgehead atoms. The Bertz CT molecular complexity index is 717. The number of nitrogens with one attached hydrogen (secondary N) is 2. The third-order valence-corrected chi connectivity index (χ3v) is 4.42. The summed E-state index contributed by atoms with van der Waals surface area (Å²) in [5.41, 5.74) is 0.401. The van der Waals surface area contributed by atoms with Crippen molar-refractivity contribution in [3.05, 3.63) is 40.3 Å². The van der Waals surface area contributed by atoms with Crippen molar-refractivity contribution in [1.82, 2.24) is 15.5 Å². The van der Waals surface area contributed by atoms with Gasteiger partial charge >= 0.3 is 0 Å². The fourth-order valence-corrected chi connectivity index (χ4v) is 3.17. The molecule has 116 valence electrons. The number of carbonyl (C=O) groups is 1. The van der Waals surface area contributed by atoms with Crippen molar-refractivity contribution in [2.24, 2.45) is 5.92 Å². The van der Waals surface area contributed by atoms with Gasteiger partial charge in [0.25, 0.3) is 5.56 Å². The van der Waals surface area contributed by atoms with Crippen LogP contribution in [0.15, 0.2) is 29.1 Å². The van der Waals surface area contributed by atoms with Gasteiger partial charge in [-0.05, 0) is 24.8 Å². The van der Waals surface area contributed by atoms with Gasteiger partial charge in [0.1, 0.15) is 0 Å². The Kier molecular flexibility index (Phi) is 4.51. The molecule has 1 amide bonds. The standard InChI is InChI=1S/C17H21N3O2/c21-16(18-11-12-6-2-1-3-7-12)10-15-13-8-4-5-9-14(13)17(22)20-19-15/h4-5,8-9,12H,1-3,6-7,10-11H2,(H,18,21)(H,20,22). The Morgan fingerprint density at radius 2 is 1.91 bits per heavy atom. The molecule has 22 heavy (non-hydrogen) atoms. The first-order chi connectivity index (χ1) is 10.7. The number of aromatic amines is 1. The van der Waals surface area contributed by atoms with Gasteiger partial charge in [-0.25, -0.2) is 5.10 Å². The Labute approximate surface area is 129 Å². The summed E-state index contributed by atoms with van der Waals surface area (Å²) in [7, 11) is 0. The quantitative estimate of drug-likeness (QED) is 0.908. The van der Waals surface area contributed by atoms with Gasteiger partial charge in [0, 0.05) is 11.9 Å². The van der Waals surface area contributed by atoms with Gasteiger partial charge in [0.15, 0.2) is 0 Å². The van der Waals surface area contributed by atoms with E-state index in [0.29, 0.717) is 17.0 Å². The molecule has 1 fully saturated rings. The summed E-state index contributed by atoms with van der Waals surface area (Å²) < 4.78 is 0. The van der Waals surface area contributed by atoms with Crippen molar-refractivity contribution in [2.45, 2.75) is 38.5 Å². The molecule has 1 aromatic carbocycles. The summed E-state index contributed by atoms with van der Waals surface area (Å²) in [6.45, 7) is 0.750. The number of rotatable bonds is 4. The third kappa shape index (κ3) is 3.35. The lowest BCUT2D eigenvalue weighted by Gasteiger charge is -2.21. The van der Waals surface area contributed by atoms with Crippen LogP contribution in [-0.2, 0) is 11.2 Å². The van der Waals surface area contributed by atoms with E-state index < -0.39 is 0 Å². The van der Waals surface area contributed by atoms with Crippen molar-refractivity contribution in [1.29, 1.82) is 0 Å². The van der Waals surface area contributed by atoms with E-state index in [9.17, 15) is 9.59 Å². The first-order valence-corrected chi connectivity index (χ1v) is 7.97. The van der Waals surface area contributed by atoms with Crippen LogP contribution < -0.4 is 10.9 Å². The summed E-state index contributed by atoms with van der Waals surface area (Å²) in [5, 5.41) is 10.8. The first-order valence-electron chi connectivity index (χ1n) is 7.97. The number of nitrogens with zero attached hydrogens (tertiary/aromatic N) is 1. The molecule has 0 aliphatic heterocycles. The van der Waals surface area contributed by atoms with Crippen molar-refractivity contribution >= 4 is 16.7 Å². The van der Waals surface area contributed by atoms with Crippen LogP contribution in [0.1, 0.15) is 37.8 Å². The van der Waals surface area contributed by atoms with Gasteiger partial charge < -0.3 is 5.32 Å². The number of aromatic nitrogens is 2. The topological polar surface area (TPSA) is 74.8 Å². The summed E-state index contributed by atoms with van der Waals surface area (Å²) in [6.07, 6.45) is 6.47. The molecular formula is C17H21N3O2. The van der Waals surface area contributed by atoms with E-state index >= 15 is 0 Å². The largest absolute Gasteiger partial charge is 0.355 e. The van der Waals surface area contributed by atoms with E-state index in [-0.39, 0.29) is 17.9 Å². The normalized spacial score (nSPS) is 15.8. The van der Waals surface area contributed by atoms with Gasteiger partial charge in [-0.3, -0.25) is 9.59 Å². The van der Waals surface area contributed by atoms with Crippen molar-refractivity contribution in [3.63, 3.8) is 0 Å². The highest BCUT2D eigenvalue weighted by atomic mass is 16.1. The number of H-pyrrole nitrogens is 1. The smallest absolute Gasteiger partial charge is 0.272 e. The second-order valence-electron chi connectivity index (χ2n) is 6.03. The molecule has 1 saturated carbocycles. The van der Waals surface area contributed by atoms with Gasteiger partial charge in [0.05, 0.1) is 17.5 Å². The van der Waals surface area contributed by atoms with Gasteiger partial charge in [-0.2, -0.15) is 5.10 Å². The van der Waals surface area contributed by atoms with Crippen LogP contribution in [0, 0.1) is 5.92 Å². The maximum absolute atomic E-state index is 12.1. The Hall–Kier alpha value is -2.17. The minimum Gasteiger partial charge on any atom is -0.355 e.